The first-order chi connectivity index (χ1) is 12.7. The maximum absolute atomic E-state index is 12.8. The number of hydrogen-bond acceptors (Lipinski definition) is 6. The molecule has 8 heteroatoms. The number of aromatic nitrogens is 4. The number of piperidine rings is 1. The van der Waals surface area contributed by atoms with E-state index in [-0.39, 0.29) is 17.9 Å². The van der Waals surface area contributed by atoms with Gasteiger partial charge in [0.2, 0.25) is 11.8 Å². The molecule has 0 bridgehead atoms. The number of carbonyl (C=O) groups excluding carboxylic acids is 1. The quantitative estimate of drug-likeness (QED) is 0.748. The molecular weight excluding hydrogens is 334 g/mol. The number of ether oxygens (including phenoxy) is 1. The van der Waals surface area contributed by atoms with E-state index >= 15 is 0 Å². The molecule has 2 aliphatic rings. The van der Waals surface area contributed by atoms with Crippen molar-refractivity contribution in [3.63, 3.8) is 0 Å². The van der Waals surface area contributed by atoms with Crippen LogP contribution in [0.4, 0.5) is 0 Å². The summed E-state index contributed by atoms with van der Waals surface area (Å²) in [7, 11) is 1.70. The second kappa shape index (κ2) is 7.19. The molecule has 1 aliphatic carbocycles. The lowest BCUT2D eigenvalue weighted by molar-refractivity contribution is -0.134. The maximum atomic E-state index is 12.8. The summed E-state index contributed by atoms with van der Waals surface area (Å²) in [6.07, 6.45) is 8.38. The van der Waals surface area contributed by atoms with Gasteiger partial charge in [-0.05, 0) is 38.2 Å². The second-order valence-electron chi connectivity index (χ2n) is 7.38. The molecule has 3 heterocycles. The average Bonchev–Trinajstić information content (AvgIpc) is 3.16. The summed E-state index contributed by atoms with van der Waals surface area (Å²) in [5.74, 6) is 1.97. The van der Waals surface area contributed by atoms with Gasteiger partial charge in [0.25, 0.3) is 0 Å². The summed E-state index contributed by atoms with van der Waals surface area (Å²) >= 11 is 0. The number of nitrogens with zero attached hydrogens (tertiary/aromatic N) is 5. The van der Waals surface area contributed by atoms with E-state index in [4.69, 9.17) is 14.2 Å². The van der Waals surface area contributed by atoms with Gasteiger partial charge >= 0.3 is 0 Å². The van der Waals surface area contributed by atoms with Gasteiger partial charge in [-0.15, -0.1) is 0 Å². The smallest absolute Gasteiger partial charge is 0.244 e. The van der Waals surface area contributed by atoms with Crippen molar-refractivity contribution in [1.82, 2.24) is 24.8 Å². The Morgan fingerprint density at radius 2 is 2.35 bits per heavy atom. The number of carbonyl (C=O) groups is 1. The van der Waals surface area contributed by atoms with Crippen LogP contribution in [0.25, 0.3) is 0 Å². The van der Waals surface area contributed by atoms with E-state index in [0.717, 1.165) is 50.4 Å². The zero-order valence-electron chi connectivity index (χ0n) is 15.1. The molecule has 2 aromatic heterocycles. The van der Waals surface area contributed by atoms with Crippen molar-refractivity contribution in [1.29, 1.82) is 0 Å². The van der Waals surface area contributed by atoms with Crippen molar-refractivity contribution in [2.24, 2.45) is 0 Å². The SMILES string of the molecule is COCCC1(c2noc(C3CC3)n2)CCCN(C(=O)Cn2cccn2)C1. The van der Waals surface area contributed by atoms with Crippen molar-refractivity contribution < 1.29 is 14.1 Å². The fraction of sp³-hybridized carbons (Fsp3) is 0.667. The molecule has 2 aromatic rings. The molecule has 4 rings (SSSR count). The third-order valence-electron chi connectivity index (χ3n) is 5.41. The summed E-state index contributed by atoms with van der Waals surface area (Å²) < 4.78 is 12.5. The molecule has 140 valence electrons. The second-order valence-corrected chi connectivity index (χ2v) is 7.38. The molecular formula is C18H25N5O3. The predicted molar refractivity (Wildman–Crippen MR) is 92.5 cm³/mol. The van der Waals surface area contributed by atoms with Crippen LogP contribution < -0.4 is 0 Å². The van der Waals surface area contributed by atoms with Gasteiger partial charge in [-0.3, -0.25) is 9.48 Å². The van der Waals surface area contributed by atoms with Gasteiger partial charge in [0, 0.05) is 45.1 Å². The minimum atomic E-state index is -0.301. The zero-order chi connectivity index (χ0) is 18.0. The largest absolute Gasteiger partial charge is 0.385 e. The molecule has 1 unspecified atom stereocenters. The Hall–Kier alpha value is -2.22. The molecule has 8 nitrogen and oxygen atoms in total. The molecule has 0 aromatic carbocycles. The van der Waals surface area contributed by atoms with Crippen molar-refractivity contribution in [3.05, 3.63) is 30.2 Å². The summed E-state index contributed by atoms with van der Waals surface area (Å²) in [6, 6.07) is 1.82. The molecule has 1 aliphatic heterocycles. The van der Waals surface area contributed by atoms with Crippen LogP contribution >= 0.6 is 0 Å². The molecule has 26 heavy (non-hydrogen) atoms. The Balaban J connectivity index is 1.53. The van der Waals surface area contributed by atoms with Crippen LogP contribution in [0.2, 0.25) is 0 Å². The van der Waals surface area contributed by atoms with Gasteiger partial charge in [-0.25, -0.2) is 0 Å². The zero-order valence-corrected chi connectivity index (χ0v) is 15.1. The summed E-state index contributed by atoms with van der Waals surface area (Å²) in [5.41, 5.74) is -0.301. The number of amides is 1. The van der Waals surface area contributed by atoms with Crippen molar-refractivity contribution in [2.45, 2.75) is 50.0 Å². The Morgan fingerprint density at radius 1 is 1.46 bits per heavy atom. The van der Waals surface area contributed by atoms with E-state index in [1.807, 2.05) is 11.0 Å². The molecule has 2 fully saturated rings. The van der Waals surface area contributed by atoms with Crippen molar-refractivity contribution in [3.8, 4) is 0 Å². The van der Waals surface area contributed by atoms with E-state index < -0.39 is 0 Å². The number of methoxy groups -OCH3 is 1. The van der Waals surface area contributed by atoms with E-state index in [1.165, 1.54) is 0 Å². The highest BCUT2D eigenvalue weighted by Gasteiger charge is 2.43. The molecule has 1 amide bonds. The molecule has 0 spiro atoms. The highest BCUT2D eigenvalue weighted by molar-refractivity contribution is 5.76. The van der Waals surface area contributed by atoms with E-state index in [0.29, 0.717) is 19.1 Å². The average molecular weight is 359 g/mol. The van der Waals surface area contributed by atoms with Crippen LogP contribution in [-0.4, -0.2) is 57.5 Å². The topological polar surface area (TPSA) is 86.3 Å². The van der Waals surface area contributed by atoms with Crippen LogP contribution in [0.5, 0.6) is 0 Å². The normalized spacial score (nSPS) is 23.3. The lowest BCUT2D eigenvalue weighted by Crippen LogP contribution is -2.50. The number of likely N-dealkylation sites (tertiary alicyclic amines) is 1. The molecule has 1 saturated carbocycles. The van der Waals surface area contributed by atoms with Gasteiger partial charge < -0.3 is 14.2 Å². The van der Waals surface area contributed by atoms with Crippen LogP contribution in [0, 0.1) is 0 Å². The number of rotatable bonds is 7. The van der Waals surface area contributed by atoms with Gasteiger partial charge in [-0.1, -0.05) is 5.16 Å². The van der Waals surface area contributed by atoms with Crippen LogP contribution in [0.3, 0.4) is 0 Å². The predicted octanol–water partition coefficient (Wildman–Crippen LogP) is 1.74. The monoisotopic (exact) mass is 359 g/mol. The standard InChI is InChI=1S/C18H25N5O3/c1-25-11-7-18(17-20-16(26-21-17)14-4-5-14)6-2-9-22(13-18)15(24)12-23-10-3-8-19-23/h3,8,10,14H,2,4-7,9,11-13H2,1H3. The Bertz CT molecular complexity index is 740. The lowest BCUT2D eigenvalue weighted by Gasteiger charge is -2.41. The highest BCUT2D eigenvalue weighted by atomic mass is 16.5. The van der Waals surface area contributed by atoms with E-state index in [1.54, 1.807) is 24.2 Å². The minimum Gasteiger partial charge on any atom is -0.385 e. The van der Waals surface area contributed by atoms with Crippen molar-refractivity contribution >= 4 is 5.91 Å². The fourth-order valence-electron chi connectivity index (χ4n) is 3.72. The molecule has 1 saturated heterocycles. The first-order valence-corrected chi connectivity index (χ1v) is 9.28. The highest BCUT2D eigenvalue weighted by Crippen LogP contribution is 2.41. The minimum absolute atomic E-state index is 0.0705. The van der Waals surface area contributed by atoms with Gasteiger partial charge in [0.1, 0.15) is 6.54 Å². The van der Waals surface area contributed by atoms with Gasteiger partial charge in [0.15, 0.2) is 5.82 Å². The number of hydrogen-bond donors (Lipinski definition) is 0. The lowest BCUT2D eigenvalue weighted by atomic mass is 9.76. The summed E-state index contributed by atoms with van der Waals surface area (Å²) in [6.45, 7) is 2.21. The van der Waals surface area contributed by atoms with Gasteiger partial charge in [-0.2, -0.15) is 10.1 Å². The molecule has 0 N–H and O–H groups in total. The summed E-state index contributed by atoms with van der Waals surface area (Å²) in [4.78, 5) is 19.4. The van der Waals surface area contributed by atoms with Gasteiger partial charge in [0.05, 0.1) is 5.41 Å². The van der Waals surface area contributed by atoms with E-state index in [2.05, 4.69) is 10.3 Å². The first-order valence-electron chi connectivity index (χ1n) is 9.28. The third-order valence-corrected chi connectivity index (χ3v) is 5.41. The van der Waals surface area contributed by atoms with Crippen LogP contribution in [-0.2, 0) is 21.5 Å². The molecule has 0 radical (unpaired) electrons. The van der Waals surface area contributed by atoms with Crippen molar-refractivity contribution in [2.75, 3.05) is 26.8 Å². The summed E-state index contributed by atoms with van der Waals surface area (Å²) in [5, 5.41) is 8.43. The van der Waals surface area contributed by atoms with Crippen LogP contribution in [0.1, 0.15) is 49.7 Å². The van der Waals surface area contributed by atoms with Crippen LogP contribution in [0.15, 0.2) is 23.0 Å². The van der Waals surface area contributed by atoms with E-state index in [9.17, 15) is 4.79 Å². The first kappa shape index (κ1) is 17.2. The Labute approximate surface area is 152 Å². The maximum Gasteiger partial charge on any atom is 0.244 e. The Morgan fingerprint density at radius 3 is 3.08 bits per heavy atom. The fourth-order valence-corrected chi connectivity index (χ4v) is 3.72. The third kappa shape index (κ3) is 3.51. The Kier molecular flexibility index (Phi) is 4.76. The molecule has 1 atom stereocenters.